The molecule has 1 saturated carbocycles. The van der Waals surface area contributed by atoms with Crippen molar-refractivity contribution in [1.82, 2.24) is 0 Å². The molecule has 0 saturated heterocycles. The topological polar surface area (TPSA) is 35.5 Å². The Balaban J connectivity index is 1.38. The minimum atomic E-state index is -0.380. The molecule has 0 aromatic heterocycles. The van der Waals surface area contributed by atoms with Crippen molar-refractivity contribution in [2.24, 2.45) is 0 Å². The summed E-state index contributed by atoms with van der Waals surface area (Å²) in [5.74, 6) is 1.82. The second-order valence-corrected chi connectivity index (χ2v) is 10.5. The average Bonchev–Trinajstić information content (AvgIpc) is 3.62. The summed E-state index contributed by atoms with van der Waals surface area (Å²) in [5, 5.41) is 0. The molecule has 0 amide bonds. The molecule has 3 aromatic carbocycles. The van der Waals surface area contributed by atoms with Gasteiger partial charge in [-0.2, -0.15) is 0 Å². The molecular formula is C30H32O3. The van der Waals surface area contributed by atoms with Gasteiger partial charge in [0.05, 0.1) is 5.41 Å². The fraction of sp³-hybridized carbons (Fsp3) is 0.367. The molecule has 0 atom stereocenters. The first-order valence-electron chi connectivity index (χ1n) is 11.9. The van der Waals surface area contributed by atoms with Crippen molar-refractivity contribution in [2.75, 3.05) is 13.2 Å². The van der Waals surface area contributed by atoms with Gasteiger partial charge >= 0.3 is 0 Å². The molecule has 3 heteroatoms. The van der Waals surface area contributed by atoms with Crippen molar-refractivity contribution in [3.05, 3.63) is 82.9 Å². The van der Waals surface area contributed by atoms with Gasteiger partial charge in [-0.25, -0.2) is 0 Å². The molecule has 3 aromatic rings. The Hall–Kier alpha value is -3.07. The summed E-state index contributed by atoms with van der Waals surface area (Å²) in [7, 11) is 0. The van der Waals surface area contributed by atoms with E-state index < -0.39 is 0 Å². The summed E-state index contributed by atoms with van der Waals surface area (Å²) >= 11 is 0. The van der Waals surface area contributed by atoms with E-state index in [9.17, 15) is 4.79 Å². The molecule has 1 fully saturated rings. The highest BCUT2D eigenvalue weighted by atomic mass is 16.6. The van der Waals surface area contributed by atoms with Crippen LogP contribution in [0.2, 0.25) is 0 Å². The highest BCUT2D eigenvalue weighted by molar-refractivity contribution is 5.95. The second-order valence-electron chi connectivity index (χ2n) is 10.5. The van der Waals surface area contributed by atoms with E-state index in [1.165, 1.54) is 22.3 Å². The minimum absolute atomic E-state index is 0.133. The summed E-state index contributed by atoms with van der Waals surface area (Å²) in [5.41, 5.74) is 6.83. The Morgan fingerprint density at radius 3 is 2.24 bits per heavy atom. The fourth-order valence-corrected chi connectivity index (χ4v) is 4.79. The number of fused-ring (bicyclic) bond motifs is 1. The van der Waals surface area contributed by atoms with Crippen molar-refractivity contribution in [1.29, 1.82) is 0 Å². The maximum absolute atomic E-state index is 13.5. The SMILES string of the molecule is Cc1ccc(CC(=O)C2(c3ccc4c(c3)OCCO4)CC2)cc1-c1ccc(C(C)(C)C)cc1. The molecule has 0 spiro atoms. The van der Waals surface area contributed by atoms with Crippen LogP contribution in [0.1, 0.15) is 55.9 Å². The van der Waals surface area contributed by atoms with E-state index in [1.807, 2.05) is 18.2 Å². The van der Waals surface area contributed by atoms with E-state index in [0.717, 1.165) is 35.5 Å². The Kier molecular flexibility index (Phi) is 5.31. The van der Waals surface area contributed by atoms with Crippen LogP contribution in [0.5, 0.6) is 11.5 Å². The maximum atomic E-state index is 13.5. The molecule has 33 heavy (non-hydrogen) atoms. The van der Waals surface area contributed by atoms with Gasteiger partial charge in [0.25, 0.3) is 0 Å². The van der Waals surface area contributed by atoms with E-state index in [2.05, 4.69) is 70.2 Å². The van der Waals surface area contributed by atoms with Gasteiger partial charge in [-0.05, 0) is 70.7 Å². The first-order chi connectivity index (χ1) is 15.8. The van der Waals surface area contributed by atoms with Crippen LogP contribution in [-0.4, -0.2) is 19.0 Å². The standard InChI is InChI=1S/C30H32O3/c1-20-5-6-21(17-25(20)22-7-9-23(10-8-22)29(2,3)4)18-28(31)30(13-14-30)24-11-12-26-27(19-24)33-16-15-32-26/h5-12,17,19H,13-16,18H2,1-4H3. The number of hydrogen-bond acceptors (Lipinski definition) is 3. The Bertz CT molecular complexity index is 1190. The zero-order valence-electron chi connectivity index (χ0n) is 20.0. The molecule has 1 heterocycles. The highest BCUT2D eigenvalue weighted by Gasteiger charge is 2.50. The third-order valence-electron chi connectivity index (χ3n) is 7.11. The van der Waals surface area contributed by atoms with E-state index >= 15 is 0 Å². The number of carbonyl (C=O) groups excluding carboxylic acids is 1. The number of hydrogen-bond donors (Lipinski definition) is 0. The van der Waals surface area contributed by atoms with Gasteiger partial charge in [0, 0.05) is 6.42 Å². The predicted molar refractivity (Wildman–Crippen MR) is 132 cm³/mol. The monoisotopic (exact) mass is 440 g/mol. The summed E-state index contributed by atoms with van der Waals surface area (Å²) in [6, 6.07) is 21.3. The number of aryl methyl sites for hydroxylation is 1. The van der Waals surface area contributed by atoms with Gasteiger partial charge in [-0.3, -0.25) is 4.79 Å². The van der Waals surface area contributed by atoms with Gasteiger partial charge in [0.15, 0.2) is 11.5 Å². The van der Waals surface area contributed by atoms with Gasteiger partial charge in [-0.15, -0.1) is 0 Å². The Morgan fingerprint density at radius 1 is 0.879 bits per heavy atom. The molecular weight excluding hydrogens is 408 g/mol. The zero-order valence-corrected chi connectivity index (χ0v) is 20.0. The van der Waals surface area contributed by atoms with Crippen molar-refractivity contribution < 1.29 is 14.3 Å². The van der Waals surface area contributed by atoms with Crippen LogP contribution in [0.15, 0.2) is 60.7 Å². The lowest BCUT2D eigenvalue weighted by Crippen LogP contribution is -2.23. The van der Waals surface area contributed by atoms with Gasteiger partial charge in [0.1, 0.15) is 19.0 Å². The van der Waals surface area contributed by atoms with Gasteiger partial charge in [0.2, 0.25) is 0 Å². The van der Waals surface area contributed by atoms with Gasteiger partial charge in [-0.1, -0.05) is 69.3 Å². The van der Waals surface area contributed by atoms with Crippen LogP contribution in [0.4, 0.5) is 0 Å². The molecule has 1 aliphatic heterocycles. The largest absolute Gasteiger partial charge is 0.486 e. The lowest BCUT2D eigenvalue weighted by atomic mass is 9.85. The molecule has 1 aliphatic carbocycles. The lowest BCUT2D eigenvalue weighted by molar-refractivity contribution is -0.120. The van der Waals surface area contributed by atoms with E-state index in [1.54, 1.807) is 0 Å². The third-order valence-corrected chi connectivity index (χ3v) is 7.11. The quantitative estimate of drug-likeness (QED) is 0.450. The van der Waals surface area contributed by atoms with Crippen LogP contribution in [0, 0.1) is 6.92 Å². The molecule has 0 N–H and O–H groups in total. The Labute approximate surface area is 196 Å². The summed E-state index contributed by atoms with van der Waals surface area (Å²) in [6.45, 7) is 9.96. The number of rotatable bonds is 5. The summed E-state index contributed by atoms with van der Waals surface area (Å²) in [4.78, 5) is 13.5. The lowest BCUT2D eigenvalue weighted by Gasteiger charge is -2.21. The van der Waals surface area contributed by atoms with Crippen LogP contribution in [-0.2, 0) is 22.0 Å². The predicted octanol–water partition coefficient (Wildman–Crippen LogP) is 6.57. The van der Waals surface area contributed by atoms with Gasteiger partial charge < -0.3 is 9.47 Å². The van der Waals surface area contributed by atoms with E-state index in [4.69, 9.17) is 9.47 Å². The smallest absolute Gasteiger partial charge is 0.161 e. The molecule has 0 radical (unpaired) electrons. The van der Waals surface area contributed by atoms with Crippen molar-refractivity contribution >= 4 is 5.78 Å². The number of ether oxygens (including phenoxy) is 2. The molecule has 3 nitrogen and oxygen atoms in total. The molecule has 5 rings (SSSR count). The van der Waals surface area contributed by atoms with E-state index in [0.29, 0.717) is 19.6 Å². The van der Waals surface area contributed by atoms with Crippen molar-refractivity contribution in [3.8, 4) is 22.6 Å². The molecule has 0 unspecified atom stereocenters. The third kappa shape index (κ3) is 4.17. The van der Waals surface area contributed by atoms with Crippen LogP contribution < -0.4 is 9.47 Å². The van der Waals surface area contributed by atoms with Crippen LogP contribution >= 0.6 is 0 Å². The molecule has 0 bridgehead atoms. The fourth-order valence-electron chi connectivity index (χ4n) is 4.79. The maximum Gasteiger partial charge on any atom is 0.161 e. The van der Waals surface area contributed by atoms with E-state index in [-0.39, 0.29) is 16.6 Å². The van der Waals surface area contributed by atoms with Crippen LogP contribution in [0.25, 0.3) is 11.1 Å². The Morgan fingerprint density at radius 2 is 1.58 bits per heavy atom. The number of Topliss-reactive ketones (excluding diaryl/α,β-unsaturated/α-hetero) is 1. The first-order valence-corrected chi connectivity index (χ1v) is 11.9. The number of ketones is 1. The average molecular weight is 441 g/mol. The van der Waals surface area contributed by atoms with Crippen LogP contribution in [0.3, 0.4) is 0 Å². The normalized spacial score (nSPS) is 16.4. The number of carbonyl (C=O) groups is 1. The first kappa shape index (κ1) is 21.8. The van der Waals surface area contributed by atoms with Crippen molar-refractivity contribution in [2.45, 2.75) is 57.8 Å². The summed E-state index contributed by atoms with van der Waals surface area (Å²) in [6.07, 6.45) is 2.25. The van der Waals surface area contributed by atoms with Crippen molar-refractivity contribution in [3.63, 3.8) is 0 Å². The highest BCUT2D eigenvalue weighted by Crippen LogP contribution is 2.51. The zero-order chi connectivity index (χ0) is 23.2. The molecule has 2 aliphatic rings. The minimum Gasteiger partial charge on any atom is -0.486 e. The number of benzene rings is 3. The molecule has 170 valence electrons. The second kappa shape index (κ2) is 8.06. The summed E-state index contributed by atoms with van der Waals surface area (Å²) < 4.78 is 11.4.